The van der Waals surface area contributed by atoms with Gasteiger partial charge in [0.2, 0.25) is 0 Å². The van der Waals surface area contributed by atoms with Crippen molar-refractivity contribution in [3.05, 3.63) is 42.0 Å². The maximum absolute atomic E-state index is 12.3. The third-order valence-electron chi connectivity index (χ3n) is 4.97. The molecule has 0 N–H and O–H groups in total. The van der Waals surface area contributed by atoms with E-state index in [2.05, 4.69) is 25.1 Å². The van der Waals surface area contributed by atoms with E-state index >= 15 is 0 Å². The summed E-state index contributed by atoms with van der Waals surface area (Å²) in [5.74, 6) is -0.441. The molecule has 3 nitrogen and oxygen atoms in total. The van der Waals surface area contributed by atoms with Gasteiger partial charge in [0.15, 0.2) is 0 Å². The summed E-state index contributed by atoms with van der Waals surface area (Å²) in [6.07, 6.45) is 0. The minimum absolute atomic E-state index is 0.166. The molecule has 0 bridgehead atoms. The number of ether oxygens (including phenoxy) is 1. The second-order valence-electron chi connectivity index (χ2n) is 6.05. The molecule has 0 radical (unpaired) electrons. The molecule has 2 aromatic rings. The Morgan fingerprint density at radius 2 is 2.00 bits per heavy atom. The molecule has 1 aliphatic rings. The number of carbonyl (C=O) groups excluding carboxylic acids is 1. The van der Waals surface area contributed by atoms with Gasteiger partial charge in [0.25, 0.3) is 0 Å². The minimum atomic E-state index is -0.428. The summed E-state index contributed by atoms with van der Waals surface area (Å²) in [5, 5.41) is 2.34. The number of benzene rings is 2. The summed E-state index contributed by atoms with van der Waals surface area (Å²) < 4.78 is 5.26. The molecule has 0 spiro atoms. The van der Waals surface area contributed by atoms with Gasteiger partial charge in [0, 0.05) is 11.1 Å². The Morgan fingerprint density at radius 3 is 2.73 bits per heavy atom. The van der Waals surface area contributed by atoms with Gasteiger partial charge in [-0.15, -0.1) is 0 Å². The first-order chi connectivity index (χ1) is 10.5. The first-order valence-electron chi connectivity index (χ1n) is 7.74. The van der Waals surface area contributed by atoms with Crippen LogP contribution in [0.5, 0.6) is 0 Å². The van der Waals surface area contributed by atoms with Gasteiger partial charge in [-0.05, 0) is 43.2 Å². The maximum atomic E-state index is 12.3. The Balaban J connectivity index is 2.22. The SMILES string of the molecule is CCOC(=O)C(C)C1(C)C(C)=Nc2ccc3ccccc3c21. The number of aliphatic imine (C=N–C) groups is 1. The van der Waals surface area contributed by atoms with Crippen molar-refractivity contribution in [2.45, 2.75) is 33.1 Å². The Labute approximate surface area is 131 Å². The quantitative estimate of drug-likeness (QED) is 0.787. The molecule has 1 heterocycles. The van der Waals surface area contributed by atoms with Crippen molar-refractivity contribution in [1.29, 1.82) is 0 Å². The Hall–Kier alpha value is -2.16. The zero-order valence-electron chi connectivity index (χ0n) is 13.5. The van der Waals surface area contributed by atoms with Gasteiger partial charge in [-0.2, -0.15) is 0 Å². The number of hydrogen-bond acceptors (Lipinski definition) is 3. The number of esters is 1. The lowest BCUT2D eigenvalue weighted by molar-refractivity contribution is -0.148. The van der Waals surface area contributed by atoms with Crippen molar-refractivity contribution in [3.8, 4) is 0 Å². The monoisotopic (exact) mass is 295 g/mol. The van der Waals surface area contributed by atoms with Crippen molar-refractivity contribution in [2.24, 2.45) is 10.9 Å². The summed E-state index contributed by atoms with van der Waals surface area (Å²) in [5.41, 5.74) is 2.65. The summed E-state index contributed by atoms with van der Waals surface area (Å²) in [6.45, 7) is 8.29. The fourth-order valence-corrected chi connectivity index (χ4v) is 3.41. The van der Waals surface area contributed by atoms with Crippen molar-refractivity contribution in [3.63, 3.8) is 0 Å². The molecule has 22 heavy (non-hydrogen) atoms. The fourth-order valence-electron chi connectivity index (χ4n) is 3.41. The van der Waals surface area contributed by atoms with Crippen molar-refractivity contribution < 1.29 is 9.53 Å². The molecule has 3 heteroatoms. The average Bonchev–Trinajstić information content (AvgIpc) is 2.79. The van der Waals surface area contributed by atoms with E-state index in [-0.39, 0.29) is 11.9 Å². The molecule has 3 rings (SSSR count). The predicted octanol–water partition coefficient (Wildman–Crippen LogP) is 4.40. The van der Waals surface area contributed by atoms with E-state index in [1.807, 2.05) is 39.0 Å². The number of fused-ring (bicyclic) bond motifs is 3. The topological polar surface area (TPSA) is 38.7 Å². The highest BCUT2D eigenvalue weighted by Crippen LogP contribution is 2.48. The van der Waals surface area contributed by atoms with Gasteiger partial charge >= 0.3 is 5.97 Å². The van der Waals surface area contributed by atoms with Crippen molar-refractivity contribution >= 4 is 28.1 Å². The molecule has 0 saturated carbocycles. The van der Waals surface area contributed by atoms with Crippen LogP contribution in [0, 0.1) is 5.92 Å². The molecule has 0 fully saturated rings. The smallest absolute Gasteiger partial charge is 0.309 e. The fraction of sp³-hybridized carbons (Fsp3) is 0.368. The highest BCUT2D eigenvalue weighted by Gasteiger charge is 2.46. The van der Waals surface area contributed by atoms with E-state index in [9.17, 15) is 4.79 Å². The summed E-state index contributed by atoms with van der Waals surface area (Å²) in [6, 6.07) is 12.4. The molecule has 0 aliphatic carbocycles. The molecule has 0 aromatic heterocycles. The average molecular weight is 295 g/mol. The highest BCUT2D eigenvalue weighted by atomic mass is 16.5. The van der Waals surface area contributed by atoms with Crippen LogP contribution in [0.2, 0.25) is 0 Å². The maximum Gasteiger partial charge on any atom is 0.309 e. The number of nitrogens with zero attached hydrogens (tertiary/aromatic N) is 1. The van der Waals surface area contributed by atoms with Crippen molar-refractivity contribution in [1.82, 2.24) is 0 Å². The zero-order valence-corrected chi connectivity index (χ0v) is 13.5. The van der Waals surface area contributed by atoms with Crippen LogP contribution < -0.4 is 0 Å². The van der Waals surface area contributed by atoms with Gasteiger partial charge in [0.1, 0.15) is 0 Å². The Kier molecular flexibility index (Phi) is 3.51. The summed E-state index contributed by atoms with van der Waals surface area (Å²) in [7, 11) is 0. The largest absolute Gasteiger partial charge is 0.466 e. The third-order valence-corrected chi connectivity index (χ3v) is 4.97. The lowest BCUT2D eigenvalue weighted by Crippen LogP contribution is -2.40. The molecular formula is C19H21NO2. The Morgan fingerprint density at radius 1 is 1.27 bits per heavy atom. The second kappa shape index (κ2) is 5.24. The summed E-state index contributed by atoms with van der Waals surface area (Å²) >= 11 is 0. The molecule has 2 unspecified atom stereocenters. The van der Waals surface area contributed by atoms with Gasteiger partial charge < -0.3 is 4.74 Å². The molecule has 114 valence electrons. The Bertz CT molecular complexity index is 778. The van der Waals surface area contributed by atoms with Gasteiger partial charge in [-0.3, -0.25) is 9.79 Å². The van der Waals surface area contributed by atoms with Crippen LogP contribution in [0.1, 0.15) is 33.3 Å². The summed E-state index contributed by atoms with van der Waals surface area (Å²) in [4.78, 5) is 17.1. The van der Waals surface area contributed by atoms with Gasteiger partial charge in [-0.1, -0.05) is 37.3 Å². The molecule has 0 amide bonds. The van der Waals surface area contributed by atoms with E-state index < -0.39 is 5.41 Å². The van der Waals surface area contributed by atoms with E-state index in [1.54, 1.807) is 0 Å². The number of rotatable bonds is 3. The third kappa shape index (κ3) is 1.96. The lowest BCUT2D eigenvalue weighted by Gasteiger charge is -2.32. The highest BCUT2D eigenvalue weighted by molar-refractivity contribution is 6.08. The number of carbonyl (C=O) groups is 1. The van der Waals surface area contributed by atoms with Crippen molar-refractivity contribution in [2.75, 3.05) is 6.61 Å². The van der Waals surface area contributed by atoms with E-state index in [1.165, 1.54) is 10.8 Å². The van der Waals surface area contributed by atoms with Crippen LogP contribution in [-0.2, 0) is 14.9 Å². The van der Waals surface area contributed by atoms with Crippen LogP contribution in [-0.4, -0.2) is 18.3 Å². The molecular weight excluding hydrogens is 274 g/mol. The van der Waals surface area contributed by atoms with Crippen LogP contribution in [0.3, 0.4) is 0 Å². The van der Waals surface area contributed by atoms with E-state index in [0.717, 1.165) is 17.0 Å². The van der Waals surface area contributed by atoms with Crippen LogP contribution in [0.25, 0.3) is 10.8 Å². The van der Waals surface area contributed by atoms with Crippen LogP contribution in [0.15, 0.2) is 41.4 Å². The van der Waals surface area contributed by atoms with E-state index in [0.29, 0.717) is 6.61 Å². The van der Waals surface area contributed by atoms with Gasteiger partial charge in [0.05, 0.1) is 18.2 Å². The van der Waals surface area contributed by atoms with E-state index in [4.69, 9.17) is 9.73 Å². The molecule has 2 aromatic carbocycles. The first kappa shape index (κ1) is 14.8. The van der Waals surface area contributed by atoms with Crippen LogP contribution >= 0.6 is 0 Å². The zero-order chi connectivity index (χ0) is 15.9. The normalized spacial score (nSPS) is 21.4. The second-order valence-corrected chi connectivity index (χ2v) is 6.05. The van der Waals surface area contributed by atoms with Crippen LogP contribution in [0.4, 0.5) is 5.69 Å². The first-order valence-corrected chi connectivity index (χ1v) is 7.74. The molecule has 1 aliphatic heterocycles. The molecule has 0 saturated heterocycles. The standard InChI is InChI=1S/C19H21NO2/c1-5-22-18(21)12(2)19(4)13(3)20-16-11-10-14-8-6-7-9-15(14)17(16)19/h6-12H,5H2,1-4H3. The molecule has 2 atom stereocenters. The lowest BCUT2D eigenvalue weighted by atomic mass is 9.69. The predicted molar refractivity (Wildman–Crippen MR) is 89.9 cm³/mol. The minimum Gasteiger partial charge on any atom is -0.466 e. The van der Waals surface area contributed by atoms with Gasteiger partial charge in [-0.25, -0.2) is 0 Å². The number of hydrogen-bond donors (Lipinski definition) is 0.